The van der Waals surface area contributed by atoms with Gasteiger partial charge < -0.3 is 5.32 Å². The van der Waals surface area contributed by atoms with Crippen molar-refractivity contribution in [2.45, 2.75) is 70.9 Å². The van der Waals surface area contributed by atoms with Gasteiger partial charge in [-0.15, -0.1) is 5.10 Å². The van der Waals surface area contributed by atoms with Gasteiger partial charge >= 0.3 is 0 Å². The van der Waals surface area contributed by atoms with Gasteiger partial charge in [0, 0.05) is 12.2 Å². The van der Waals surface area contributed by atoms with Gasteiger partial charge in [0.15, 0.2) is 5.82 Å². The number of tetrazole rings is 1. The minimum Gasteiger partial charge on any atom is -0.310 e. The highest BCUT2D eigenvalue weighted by Crippen LogP contribution is 2.31. The van der Waals surface area contributed by atoms with E-state index in [1.807, 2.05) is 29.8 Å². The molecule has 0 bridgehead atoms. The van der Waals surface area contributed by atoms with Crippen molar-refractivity contribution in [1.29, 1.82) is 0 Å². The molecule has 1 saturated heterocycles. The molecule has 1 saturated carbocycles. The summed E-state index contributed by atoms with van der Waals surface area (Å²) < 4.78 is 2.05. The molecule has 2 aromatic heterocycles. The normalized spacial score (nSPS) is 22.3. The molecule has 1 aliphatic heterocycles. The fourth-order valence-electron chi connectivity index (χ4n) is 4.64. The Morgan fingerprint density at radius 1 is 1.17 bits per heavy atom. The molecule has 8 heteroatoms. The van der Waals surface area contributed by atoms with Gasteiger partial charge in [0.05, 0.1) is 18.0 Å². The topological polar surface area (TPSA) is 88.8 Å². The van der Waals surface area contributed by atoms with Crippen molar-refractivity contribution in [3.05, 3.63) is 29.7 Å². The molecule has 1 aliphatic carbocycles. The van der Waals surface area contributed by atoms with Crippen LogP contribution in [0, 0.1) is 12.8 Å². The van der Waals surface area contributed by atoms with Crippen molar-refractivity contribution >= 4 is 11.7 Å². The number of aryl methyl sites for hydroxylation is 1. The summed E-state index contributed by atoms with van der Waals surface area (Å²) >= 11 is 0. The summed E-state index contributed by atoms with van der Waals surface area (Å²) in [6, 6.07) is 6.19. The zero-order chi connectivity index (χ0) is 20.2. The van der Waals surface area contributed by atoms with E-state index in [9.17, 15) is 4.79 Å². The van der Waals surface area contributed by atoms with E-state index in [0.717, 1.165) is 50.3 Å². The first-order valence-corrected chi connectivity index (χ1v) is 10.9. The molecule has 0 aromatic carbocycles. The molecular weight excluding hydrogens is 366 g/mol. The molecule has 8 nitrogen and oxygen atoms in total. The van der Waals surface area contributed by atoms with Crippen LogP contribution in [0.15, 0.2) is 18.2 Å². The molecule has 2 atom stereocenters. The second-order valence-electron chi connectivity index (χ2n) is 8.44. The number of hydrogen-bond acceptors (Lipinski definition) is 6. The number of carbonyl (C=O) groups is 1. The summed E-state index contributed by atoms with van der Waals surface area (Å²) in [5, 5.41) is 15.6. The van der Waals surface area contributed by atoms with E-state index in [-0.39, 0.29) is 17.9 Å². The third-order valence-electron chi connectivity index (χ3n) is 6.32. The molecule has 2 unspecified atom stereocenters. The summed E-state index contributed by atoms with van der Waals surface area (Å²) in [4.78, 5) is 19.6. The molecule has 0 radical (unpaired) electrons. The number of rotatable bonds is 5. The Labute approximate surface area is 172 Å². The van der Waals surface area contributed by atoms with Gasteiger partial charge in [-0.2, -0.15) is 0 Å². The van der Waals surface area contributed by atoms with Crippen LogP contribution >= 0.6 is 0 Å². The van der Waals surface area contributed by atoms with Gasteiger partial charge in [0.1, 0.15) is 5.82 Å². The molecule has 0 spiro atoms. The van der Waals surface area contributed by atoms with E-state index in [1.54, 1.807) is 0 Å². The van der Waals surface area contributed by atoms with Gasteiger partial charge in [0.2, 0.25) is 5.91 Å². The van der Waals surface area contributed by atoms with Crippen LogP contribution in [0.3, 0.4) is 0 Å². The molecule has 29 heavy (non-hydrogen) atoms. The van der Waals surface area contributed by atoms with E-state index in [4.69, 9.17) is 0 Å². The Morgan fingerprint density at radius 3 is 2.79 bits per heavy atom. The average molecular weight is 398 g/mol. The number of nitrogens with one attached hydrogen (secondary N) is 1. The first-order chi connectivity index (χ1) is 14.1. The van der Waals surface area contributed by atoms with Crippen molar-refractivity contribution in [3.63, 3.8) is 0 Å². The Kier molecular flexibility index (Phi) is 6.18. The predicted molar refractivity (Wildman–Crippen MR) is 110 cm³/mol. The molecule has 1 N–H and O–H groups in total. The monoisotopic (exact) mass is 397 g/mol. The number of anilines is 1. The van der Waals surface area contributed by atoms with Crippen molar-refractivity contribution in [1.82, 2.24) is 30.1 Å². The van der Waals surface area contributed by atoms with E-state index < -0.39 is 0 Å². The van der Waals surface area contributed by atoms with Crippen LogP contribution in [0.25, 0.3) is 0 Å². The summed E-state index contributed by atoms with van der Waals surface area (Å²) in [6.07, 6.45) is 8.00. The Morgan fingerprint density at radius 2 is 2.00 bits per heavy atom. The number of likely N-dealkylation sites (tertiary alicyclic amines) is 1. The van der Waals surface area contributed by atoms with E-state index in [2.05, 4.69) is 37.6 Å². The van der Waals surface area contributed by atoms with Crippen molar-refractivity contribution in [2.24, 2.45) is 5.92 Å². The van der Waals surface area contributed by atoms with E-state index in [1.165, 1.54) is 19.3 Å². The molecule has 4 rings (SSSR count). The minimum atomic E-state index is -0.0486. The number of nitrogens with zero attached hydrogens (tertiary/aromatic N) is 6. The maximum atomic E-state index is 12.8. The van der Waals surface area contributed by atoms with Crippen molar-refractivity contribution in [2.75, 3.05) is 18.4 Å². The van der Waals surface area contributed by atoms with Gasteiger partial charge in [-0.1, -0.05) is 25.3 Å². The van der Waals surface area contributed by atoms with Crippen molar-refractivity contribution in [3.8, 4) is 0 Å². The lowest BCUT2D eigenvalue weighted by Gasteiger charge is -2.36. The van der Waals surface area contributed by atoms with Gasteiger partial charge in [-0.05, 0) is 68.6 Å². The van der Waals surface area contributed by atoms with Crippen LogP contribution in [0.4, 0.5) is 5.82 Å². The lowest BCUT2D eigenvalue weighted by molar-refractivity contribution is -0.121. The zero-order valence-electron chi connectivity index (χ0n) is 17.4. The largest absolute Gasteiger partial charge is 0.310 e. The summed E-state index contributed by atoms with van der Waals surface area (Å²) in [7, 11) is 0. The predicted octanol–water partition coefficient (Wildman–Crippen LogP) is 3.29. The zero-order valence-corrected chi connectivity index (χ0v) is 17.4. The summed E-state index contributed by atoms with van der Waals surface area (Å²) in [6.45, 7) is 5.77. The maximum Gasteiger partial charge on any atom is 0.229 e. The van der Waals surface area contributed by atoms with Gasteiger partial charge in [0.25, 0.3) is 0 Å². The van der Waals surface area contributed by atoms with Crippen LogP contribution in [0.5, 0.6) is 0 Å². The highest BCUT2D eigenvalue weighted by atomic mass is 16.2. The molecular formula is C21H31N7O. The van der Waals surface area contributed by atoms with Crippen molar-refractivity contribution < 1.29 is 4.79 Å². The molecule has 1 amide bonds. The van der Waals surface area contributed by atoms with Gasteiger partial charge in [-0.3, -0.25) is 9.69 Å². The van der Waals surface area contributed by atoms with Gasteiger partial charge in [-0.25, -0.2) is 9.67 Å². The fourth-order valence-corrected chi connectivity index (χ4v) is 4.64. The smallest absolute Gasteiger partial charge is 0.229 e. The highest BCUT2D eigenvalue weighted by molar-refractivity contribution is 5.91. The first-order valence-electron chi connectivity index (χ1n) is 10.9. The third kappa shape index (κ3) is 4.63. The summed E-state index contributed by atoms with van der Waals surface area (Å²) in [5.41, 5.74) is 0.899. The fraction of sp³-hybridized carbons (Fsp3) is 0.667. The molecule has 2 aromatic rings. The molecule has 156 valence electrons. The molecule has 3 heterocycles. The van der Waals surface area contributed by atoms with E-state index >= 15 is 0 Å². The standard InChI is InChI=1S/C21H31N7O/c1-15-8-6-12-19(22-15)23-21(29)17-9-7-13-27(14-17)16(2)20-24-25-26-28(20)18-10-4-3-5-11-18/h6,8,12,16-18H,3-5,7,9-11,13-14H2,1-2H3,(H,22,23,29). The second-order valence-corrected chi connectivity index (χ2v) is 8.44. The maximum absolute atomic E-state index is 12.8. The Bertz CT molecular complexity index is 830. The van der Waals surface area contributed by atoms with Crippen LogP contribution in [-0.2, 0) is 4.79 Å². The number of pyridine rings is 1. The Balaban J connectivity index is 1.42. The quantitative estimate of drug-likeness (QED) is 0.833. The second kappa shape index (κ2) is 8.98. The SMILES string of the molecule is Cc1cccc(NC(=O)C2CCCN(C(C)c3nnnn3C3CCCCC3)C2)n1. The highest BCUT2D eigenvalue weighted by Gasteiger charge is 2.32. The Hall–Kier alpha value is -2.35. The van der Waals surface area contributed by atoms with Crippen LogP contribution in [0.1, 0.15) is 75.5 Å². The first kappa shape index (κ1) is 19.9. The third-order valence-corrected chi connectivity index (χ3v) is 6.32. The number of aromatic nitrogens is 5. The van der Waals surface area contributed by atoms with Crippen LogP contribution in [0.2, 0.25) is 0 Å². The van der Waals surface area contributed by atoms with Crippen LogP contribution in [-0.4, -0.2) is 49.1 Å². The number of amides is 1. The lowest BCUT2D eigenvalue weighted by Crippen LogP contribution is -2.42. The lowest BCUT2D eigenvalue weighted by atomic mass is 9.94. The van der Waals surface area contributed by atoms with E-state index in [0.29, 0.717) is 11.9 Å². The summed E-state index contributed by atoms with van der Waals surface area (Å²) in [5.74, 6) is 1.55. The number of piperidine rings is 1. The minimum absolute atomic E-state index is 0.0480. The molecule has 2 fully saturated rings. The number of carbonyl (C=O) groups excluding carboxylic acids is 1. The van der Waals surface area contributed by atoms with Crippen LogP contribution < -0.4 is 5.32 Å². The average Bonchev–Trinajstić information content (AvgIpc) is 3.24. The number of hydrogen-bond donors (Lipinski definition) is 1. The molecule has 2 aliphatic rings.